The monoisotopic (exact) mass is 503 g/mol. The summed E-state index contributed by atoms with van der Waals surface area (Å²) in [5, 5.41) is 13.9. The van der Waals surface area contributed by atoms with Gasteiger partial charge in [-0.25, -0.2) is 14.4 Å². The van der Waals surface area contributed by atoms with Crippen molar-refractivity contribution in [2.75, 3.05) is 46.2 Å². The van der Waals surface area contributed by atoms with E-state index in [1.807, 2.05) is 14.1 Å². The number of anilines is 2. The number of aliphatic hydroxyl groups excluding tert-OH is 1. The van der Waals surface area contributed by atoms with Crippen LogP contribution in [-0.4, -0.2) is 83.8 Å². The lowest BCUT2D eigenvalue weighted by Crippen LogP contribution is -2.43. The third-order valence-electron chi connectivity index (χ3n) is 5.69. The second kappa shape index (κ2) is 10.6. The Balaban J connectivity index is 1.64. The van der Waals surface area contributed by atoms with E-state index in [-0.39, 0.29) is 36.7 Å². The lowest BCUT2D eigenvalue weighted by molar-refractivity contribution is -0.133. The topological polar surface area (TPSA) is 100 Å². The third kappa shape index (κ3) is 5.72. The van der Waals surface area contributed by atoms with Crippen LogP contribution in [0, 0.1) is 5.82 Å². The van der Waals surface area contributed by atoms with E-state index in [9.17, 15) is 14.3 Å². The second-order valence-electron chi connectivity index (χ2n) is 8.63. The SMILES string of the molecule is COc1cc(OC[C@@H]2C[C@@H](O)CN2C(=O)CN(C)C)c2c(Nc3ccc(F)c(Cl)c3)ncnc2c1. The molecule has 0 spiro atoms. The molecule has 1 aromatic heterocycles. The molecule has 0 radical (unpaired) electrons. The number of carbonyl (C=O) groups is 1. The number of nitrogens with one attached hydrogen (secondary N) is 1. The molecule has 1 fully saturated rings. The van der Waals surface area contributed by atoms with Gasteiger partial charge in [0.25, 0.3) is 0 Å². The van der Waals surface area contributed by atoms with Gasteiger partial charge in [0, 0.05) is 24.4 Å². The molecule has 4 rings (SSSR count). The van der Waals surface area contributed by atoms with Crippen LogP contribution in [0.1, 0.15) is 6.42 Å². The van der Waals surface area contributed by atoms with Crippen LogP contribution >= 0.6 is 11.6 Å². The van der Waals surface area contributed by atoms with E-state index < -0.39 is 11.9 Å². The Morgan fingerprint density at radius 2 is 2.11 bits per heavy atom. The summed E-state index contributed by atoms with van der Waals surface area (Å²) < 4.78 is 25.2. The first-order valence-corrected chi connectivity index (χ1v) is 11.4. The fourth-order valence-electron chi connectivity index (χ4n) is 4.07. The van der Waals surface area contributed by atoms with E-state index in [1.165, 1.54) is 18.5 Å². The summed E-state index contributed by atoms with van der Waals surface area (Å²) in [4.78, 5) is 24.8. The van der Waals surface area contributed by atoms with Gasteiger partial charge in [0.2, 0.25) is 5.91 Å². The van der Waals surface area contributed by atoms with Crippen molar-refractivity contribution >= 4 is 39.9 Å². The molecule has 1 aliphatic heterocycles. The number of halogens is 2. The van der Waals surface area contributed by atoms with E-state index in [2.05, 4.69) is 15.3 Å². The number of amides is 1. The largest absolute Gasteiger partial charge is 0.497 e. The Hall–Kier alpha value is -3.21. The van der Waals surface area contributed by atoms with E-state index in [0.717, 1.165) is 0 Å². The molecule has 1 saturated heterocycles. The summed E-state index contributed by atoms with van der Waals surface area (Å²) >= 11 is 5.93. The van der Waals surface area contributed by atoms with Gasteiger partial charge in [-0.3, -0.25) is 4.79 Å². The van der Waals surface area contributed by atoms with Gasteiger partial charge < -0.3 is 29.7 Å². The van der Waals surface area contributed by atoms with Crippen molar-refractivity contribution in [2.24, 2.45) is 0 Å². The molecule has 2 heterocycles. The van der Waals surface area contributed by atoms with Gasteiger partial charge in [-0.05, 0) is 38.7 Å². The molecule has 1 amide bonds. The zero-order valence-corrected chi connectivity index (χ0v) is 20.4. The number of methoxy groups -OCH3 is 1. The average Bonchev–Trinajstić information content (AvgIpc) is 3.20. The fourth-order valence-corrected chi connectivity index (χ4v) is 4.25. The molecule has 3 aromatic rings. The van der Waals surface area contributed by atoms with Crippen molar-refractivity contribution < 1.29 is 23.8 Å². The Bertz CT molecular complexity index is 1230. The number of aromatic nitrogens is 2. The quantitative estimate of drug-likeness (QED) is 0.484. The molecular formula is C24H27ClFN5O4. The second-order valence-corrected chi connectivity index (χ2v) is 9.04. The molecule has 0 aliphatic carbocycles. The number of ether oxygens (including phenoxy) is 2. The minimum absolute atomic E-state index is 0.0196. The number of likely N-dealkylation sites (N-methyl/N-ethyl adjacent to an activating group) is 1. The summed E-state index contributed by atoms with van der Waals surface area (Å²) in [5.41, 5.74) is 1.11. The highest BCUT2D eigenvalue weighted by atomic mass is 35.5. The first-order valence-electron chi connectivity index (χ1n) is 11.0. The Morgan fingerprint density at radius 1 is 1.31 bits per heavy atom. The van der Waals surface area contributed by atoms with Crippen LogP contribution in [-0.2, 0) is 4.79 Å². The maximum absolute atomic E-state index is 13.6. The number of likely N-dealkylation sites (tertiary alicyclic amines) is 1. The molecule has 0 saturated carbocycles. The summed E-state index contributed by atoms with van der Waals surface area (Å²) in [5.74, 6) is 0.813. The van der Waals surface area contributed by atoms with E-state index >= 15 is 0 Å². The molecule has 11 heteroatoms. The molecule has 2 N–H and O–H groups in total. The predicted octanol–water partition coefficient (Wildman–Crippen LogP) is 3.08. The van der Waals surface area contributed by atoms with Crippen molar-refractivity contribution in [1.82, 2.24) is 19.8 Å². The van der Waals surface area contributed by atoms with Gasteiger partial charge >= 0.3 is 0 Å². The molecule has 1 aliphatic rings. The van der Waals surface area contributed by atoms with Gasteiger partial charge in [-0.1, -0.05) is 11.6 Å². The number of hydrogen-bond acceptors (Lipinski definition) is 8. The first kappa shape index (κ1) is 24.9. The number of aliphatic hydroxyl groups is 1. The maximum Gasteiger partial charge on any atom is 0.237 e. The smallest absolute Gasteiger partial charge is 0.237 e. The van der Waals surface area contributed by atoms with Gasteiger partial charge in [0.15, 0.2) is 0 Å². The van der Waals surface area contributed by atoms with E-state index in [4.69, 9.17) is 21.1 Å². The van der Waals surface area contributed by atoms with Crippen LogP contribution in [0.4, 0.5) is 15.9 Å². The van der Waals surface area contributed by atoms with Crippen LogP contribution < -0.4 is 14.8 Å². The number of hydrogen-bond donors (Lipinski definition) is 2. The number of nitrogens with zero attached hydrogens (tertiary/aromatic N) is 4. The van der Waals surface area contributed by atoms with Crippen LogP contribution in [0.2, 0.25) is 5.02 Å². The number of β-amino-alcohol motifs (C(OH)–C–C–N with tert-alkyl or cyclic N) is 1. The predicted molar refractivity (Wildman–Crippen MR) is 131 cm³/mol. The first-order chi connectivity index (χ1) is 16.7. The number of fused-ring (bicyclic) bond motifs is 1. The van der Waals surface area contributed by atoms with Gasteiger partial charge in [0.1, 0.15) is 36.1 Å². The van der Waals surface area contributed by atoms with E-state index in [0.29, 0.717) is 40.3 Å². The Morgan fingerprint density at radius 3 is 2.83 bits per heavy atom. The van der Waals surface area contributed by atoms with Gasteiger partial charge in [-0.15, -0.1) is 0 Å². The number of carbonyl (C=O) groups excluding carboxylic acids is 1. The number of rotatable bonds is 8. The summed E-state index contributed by atoms with van der Waals surface area (Å²) in [7, 11) is 5.18. The van der Waals surface area contributed by atoms with Crippen molar-refractivity contribution in [3.8, 4) is 11.5 Å². The molecule has 2 atom stereocenters. The van der Waals surface area contributed by atoms with Crippen LogP contribution in [0.3, 0.4) is 0 Å². The minimum atomic E-state index is -0.611. The molecule has 0 unspecified atom stereocenters. The molecule has 9 nitrogen and oxygen atoms in total. The zero-order chi connectivity index (χ0) is 25.1. The van der Waals surface area contributed by atoms with Crippen molar-refractivity contribution in [1.29, 1.82) is 0 Å². The molecule has 0 bridgehead atoms. The van der Waals surface area contributed by atoms with Gasteiger partial charge in [0.05, 0.1) is 41.7 Å². The lowest BCUT2D eigenvalue weighted by Gasteiger charge is -2.26. The van der Waals surface area contributed by atoms with Gasteiger partial charge in [-0.2, -0.15) is 0 Å². The Kier molecular flexibility index (Phi) is 7.54. The normalized spacial score (nSPS) is 17.7. The fraction of sp³-hybridized carbons (Fsp3) is 0.375. The van der Waals surface area contributed by atoms with E-state index in [1.54, 1.807) is 35.1 Å². The number of benzene rings is 2. The molecule has 2 aromatic carbocycles. The molecule has 186 valence electrons. The van der Waals surface area contributed by atoms with Crippen LogP contribution in [0.25, 0.3) is 10.9 Å². The highest BCUT2D eigenvalue weighted by Crippen LogP contribution is 2.36. The third-order valence-corrected chi connectivity index (χ3v) is 5.98. The summed E-state index contributed by atoms with van der Waals surface area (Å²) in [6, 6.07) is 7.44. The summed E-state index contributed by atoms with van der Waals surface area (Å²) in [6.07, 6.45) is 1.20. The lowest BCUT2D eigenvalue weighted by atomic mass is 10.1. The Labute approximate surface area is 207 Å². The van der Waals surface area contributed by atoms with Crippen molar-refractivity contribution in [3.05, 3.63) is 47.5 Å². The minimum Gasteiger partial charge on any atom is -0.497 e. The zero-order valence-electron chi connectivity index (χ0n) is 19.7. The molecular weight excluding hydrogens is 477 g/mol. The van der Waals surface area contributed by atoms with Crippen LogP contribution in [0.15, 0.2) is 36.7 Å². The average molecular weight is 504 g/mol. The van der Waals surface area contributed by atoms with Crippen LogP contribution in [0.5, 0.6) is 11.5 Å². The highest BCUT2D eigenvalue weighted by Gasteiger charge is 2.35. The van der Waals surface area contributed by atoms with Crippen molar-refractivity contribution in [2.45, 2.75) is 18.6 Å². The highest BCUT2D eigenvalue weighted by molar-refractivity contribution is 6.31. The summed E-state index contributed by atoms with van der Waals surface area (Å²) in [6.45, 7) is 0.670. The maximum atomic E-state index is 13.6. The molecule has 35 heavy (non-hydrogen) atoms. The van der Waals surface area contributed by atoms with Crippen molar-refractivity contribution in [3.63, 3.8) is 0 Å². The standard InChI is InChI=1S/C24H27ClFN5O4/c1-30(2)11-22(33)31-10-16(32)7-15(31)12-35-21-9-17(34-3)8-20-23(21)24(28-13-27-20)29-14-4-5-19(26)18(25)6-14/h4-6,8-9,13,15-16,32H,7,10-12H2,1-3H3,(H,27,28,29)/t15-,16+/m0/s1.